The summed E-state index contributed by atoms with van der Waals surface area (Å²) in [6, 6.07) is 4.92. The fraction of sp³-hybridized carbons (Fsp3) is 0.450. The number of aromatic nitrogens is 2. The Hall–Kier alpha value is -3.43. The topological polar surface area (TPSA) is 110 Å². The second-order valence-electron chi connectivity index (χ2n) is 6.68. The van der Waals surface area contributed by atoms with Gasteiger partial charge in [0.25, 0.3) is 0 Å². The molecule has 1 fully saturated rings. The predicted octanol–water partition coefficient (Wildman–Crippen LogP) is 2.34. The van der Waals surface area contributed by atoms with Crippen molar-refractivity contribution in [2.45, 2.75) is 12.8 Å². The molecule has 1 aromatic heterocycles. The van der Waals surface area contributed by atoms with Crippen LogP contribution in [0.15, 0.2) is 24.5 Å². The second kappa shape index (κ2) is 10.4. The molecule has 162 valence electrons. The standard InChI is InChI=1S/C20H28N6O4/c1-28-15-10-14(11-16(29-2)19(15)30-3)25-20(27)22-7-6-21-17-12-18(24-13-23-17)26-8-4-5-9-26/h10-13H,4-9H2,1-3H3,(H,21,23,24)(H2,22,25,27). The second-order valence-corrected chi connectivity index (χ2v) is 6.68. The van der Waals surface area contributed by atoms with Crippen LogP contribution in [-0.2, 0) is 0 Å². The van der Waals surface area contributed by atoms with Crippen molar-refractivity contribution in [3.05, 3.63) is 24.5 Å². The highest BCUT2D eigenvalue weighted by Crippen LogP contribution is 2.39. The Morgan fingerprint density at radius 2 is 1.70 bits per heavy atom. The number of carbonyl (C=O) groups is 1. The number of hydrogen-bond donors (Lipinski definition) is 3. The maximum absolute atomic E-state index is 12.2. The van der Waals surface area contributed by atoms with Gasteiger partial charge in [-0.05, 0) is 12.8 Å². The molecule has 3 N–H and O–H groups in total. The lowest BCUT2D eigenvalue weighted by Crippen LogP contribution is -2.32. The number of anilines is 3. The molecule has 2 aromatic rings. The zero-order chi connectivity index (χ0) is 21.3. The van der Waals surface area contributed by atoms with Crippen LogP contribution in [0.4, 0.5) is 22.1 Å². The number of nitrogens with zero attached hydrogens (tertiary/aromatic N) is 3. The van der Waals surface area contributed by atoms with E-state index in [2.05, 4.69) is 30.8 Å². The quantitative estimate of drug-likeness (QED) is 0.535. The minimum atomic E-state index is -0.341. The Kier molecular flexibility index (Phi) is 7.36. The average molecular weight is 416 g/mol. The fourth-order valence-corrected chi connectivity index (χ4v) is 3.26. The average Bonchev–Trinajstić information content (AvgIpc) is 3.31. The molecule has 0 aliphatic carbocycles. The highest BCUT2D eigenvalue weighted by molar-refractivity contribution is 5.90. The van der Waals surface area contributed by atoms with E-state index in [0.29, 0.717) is 36.0 Å². The molecule has 0 spiro atoms. The maximum Gasteiger partial charge on any atom is 0.319 e. The van der Waals surface area contributed by atoms with Crippen LogP contribution in [-0.4, -0.2) is 63.5 Å². The van der Waals surface area contributed by atoms with Crippen LogP contribution in [0.1, 0.15) is 12.8 Å². The molecule has 0 unspecified atom stereocenters. The Morgan fingerprint density at radius 1 is 1.00 bits per heavy atom. The molecule has 10 heteroatoms. The SMILES string of the molecule is COc1cc(NC(=O)NCCNc2cc(N3CCCC3)ncn2)cc(OC)c1OC. The van der Waals surface area contributed by atoms with Gasteiger partial charge < -0.3 is 35.1 Å². The smallest absolute Gasteiger partial charge is 0.319 e. The molecule has 1 aliphatic rings. The fourth-order valence-electron chi connectivity index (χ4n) is 3.26. The van der Waals surface area contributed by atoms with Crippen molar-refractivity contribution >= 4 is 23.4 Å². The van der Waals surface area contributed by atoms with Crippen molar-refractivity contribution in [3.63, 3.8) is 0 Å². The molecule has 3 rings (SSSR count). The Labute approximate surface area is 175 Å². The number of amides is 2. The zero-order valence-corrected chi connectivity index (χ0v) is 17.5. The van der Waals surface area contributed by atoms with Gasteiger partial charge in [-0.3, -0.25) is 0 Å². The molecule has 10 nitrogen and oxygen atoms in total. The maximum atomic E-state index is 12.2. The van der Waals surface area contributed by atoms with Gasteiger partial charge in [0.05, 0.1) is 27.0 Å². The number of rotatable bonds is 9. The van der Waals surface area contributed by atoms with Crippen LogP contribution >= 0.6 is 0 Å². The number of urea groups is 1. The van der Waals surface area contributed by atoms with Gasteiger partial charge in [-0.15, -0.1) is 0 Å². The minimum absolute atomic E-state index is 0.341. The predicted molar refractivity (Wildman–Crippen MR) is 115 cm³/mol. The zero-order valence-electron chi connectivity index (χ0n) is 17.5. The van der Waals surface area contributed by atoms with Gasteiger partial charge >= 0.3 is 6.03 Å². The van der Waals surface area contributed by atoms with Crippen LogP contribution in [0, 0.1) is 0 Å². The monoisotopic (exact) mass is 416 g/mol. The summed E-state index contributed by atoms with van der Waals surface area (Å²) in [7, 11) is 4.57. The summed E-state index contributed by atoms with van der Waals surface area (Å²) < 4.78 is 15.9. The first-order valence-electron chi connectivity index (χ1n) is 9.80. The van der Waals surface area contributed by atoms with Crippen LogP contribution in [0.5, 0.6) is 17.2 Å². The lowest BCUT2D eigenvalue weighted by molar-refractivity contribution is 0.252. The van der Waals surface area contributed by atoms with Gasteiger partial charge in [0.1, 0.15) is 18.0 Å². The number of ether oxygens (including phenoxy) is 3. The molecule has 0 saturated carbocycles. The largest absolute Gasteiger partial charge is 0.493 e. The molecule has 1 aliphatic heterocycles. The summed E-state index contributed by atoms with van der Waals surface area (Å²) in [5, 5.41) is 8.76. The Balaban J connectivity index is 1.48. The lowest BCUT2D eigenvalue weighted by atomic mass is 10.2. The van der Waals surface area contributed by atoms with Gasteiger partial charge in [-0.25, -0.2) is 14.8 Å². The molecule has 2 heterocycles. The van der Waals surface area contributed by atoms with Crippen LogP contribution in [0.25, 0.3) is 0 Å². The molecule has 2 amide bonds. The van der Waals surface area contributed by atoms with Gasteiger partial charge in [-0.2, -0.15) is 0 Å². The van der Waals surface area contributed by atoms with Crippen molar-refractivity contribution in [1.29, 1.82) is 0 Å². The molecule has 1 aromatic carbocycles. The number of methoxy groups -OCH3 is 3. The normalized spacial score (nSPS) is 13.0. The molecule has 1 saturated heterocycles. The van der Waals surface area contributed by atoms with Crippen molar-refractivity contribution in [2.75, 3.05) is 63.0 Å². The van der Waals surface area contributed by atoms with Crippen LogP contribution in [0.3, 0.4) is 0 Å². The van der Waals surface area contributed by atoms with Crippen LogP contribution in [0.2, 0.25) is 0 Å². The Bertz CT molecular complexity index is 832. The summed E-state index contributed by atoms with van der Waals surface area (Å²) in [6.07, 6.45) is 3.94. The molecule has 0 bridgehead atoms. The first-order chi connectivity index (χ1) is 14.6. The van der Waals surface area contributed by atoms with E-state index in [1.165, 1.54) is 34.2 Å². The van der Waals surface area contributed by atoms with Gasteiger partial charge in [0.15, 0.2) is 11.5 Å². The van der Waals surface area contributed by atoms with E-state index < -0.39 is 0 Å². The summed E-state index contributed by atoms with van der Waals surface area (Å²) in [4.78, 5) is 23.0. The first kappa shape index (κ1) is 21.3. The van der Waals surface area contributed by atoms with E-state index in [4.69, 9.17) is 14.2 Å². The number of benzene rings is 1. The number of nitrogens with one attached hydrogen (secondary N) is 3. The highest BCUT2D eigenvalue weighted by atomic mass is 16.5. The first-order valence-corrected chi connectivity index (χ1v) is 9.80. The summed E-state index contributed by atoms with van der Waals surface area (Å²) in [5.41, 5.74) is 0.529. The van der Waals surface area contributed by atoms with Crippen molar-refractivity contribution in [1.82, 2.24) is 15.3 Å². The van der Waals surface area contributed by atoms with Crippen molar-refractivity contribution in [3.8, 4) is 17.2 Å². The molecular weight excluding hydrogens is 388 g/mol. The van der Waals surface area contributed by atoms with E-state index in [0.717, 1.165) is 24.7 Å². The third kappa shape index (κ3) is 5.34. The van der Waals surface area contributed by atoms with E-state index in [1.54, 1.807) is 18.5 Å². The van der Waals surface area contributed by atoms with E-state index in [1.807, 2.05) is 6.07 Å². The third-order valence-electron chi connectivity index (χ3n) is 4.72. The van der Waals surface area contributed by atoms with Crippen molar-refractivity contribution < 1.29 is 19.0 Å². The van der Waals surface area contributed by atoms with E-state index >= 15 is 0 Å². The molecule has 0 radical (unpaired) electrons. The summed E-state index contributed by atoms with van der Waals surface area (Å²) in [6.45, 7) is 3.00. The minimum Gasteiger partial charge on any atom is -0.493 e. The van der Waals surface area contributed by atoms with Gasteiger partial charge in [-0.1, -0.05) is 0 Å². The molecule has 0 atom stereocenters. The van der Waals surface area contributed by atoms with E-state index in [-0.39, 0.29) is 6.03 Å². The summed E-state index contributed by atoms with van der Waals surface area (Å²) in [5.74, 6) is 3.06. The third-order valence-corrected chi connectivity index (χ3v) is 4.72. The van der Waals surface area contributed by atoms with Gasteiger partial charge in [0, 0.05) is 44.4 Å². The van der Waals surface area contributed by atoms with Crippen molar-refractivity contribution in [2.24, 2.45) is 0 Å². The molecular formula is C20H28N6O4. The van der Waals surface area contributed by atoms with Crippen LogP contribution < -0.4 is 35.1 Å². The van der Waals surface area contributed by atoms with Gasteiger partial charge in [0.2, 0.25) is 5.75 Å². The molecule has 30 heavy (non-hydrogen) atoms. The Morgan fingerprint density at radius 3 is 2.33 bits per heavy atom. The number of hydrogen-bond acceptors (Lipinski definition) is 8. The summed E-state index contributed by atoms with van der Waals surface area (Å²) >= 11 is 0. The van der Waals surface area contributed by atoms with E-state index in [9.17, 15) is 4.79 Å². The lowest BCUT2D eigenvalue weighted by Gasteiger charge is -2.17. The number of carbonyl (C=O) groups excluding carboxylic acids is 1. The highest BCUT2D eigenvalue weighted by Gasteiger charge is 2.15.